The molecule has 0 saturated heterocycles. The number of ketones is 1. The highest BCUT2D eigenvalue weighted by atomic mass is 79.9. The molecule has 0 radical (unpaired) electrons. The molecule has 0 bridgehead atoms. The van der Waals surface area contributed by atoms with Crippen molar-refractivity contribution in [3.63, 3.8) is 0 Å². The van der Waals surface area contributed by atoms with Gasteiger partial charge in [-0.3, -0.25) is 9.59 Å². The van der Waals surface area contributed by atoms with E-state index in [2.05, 4.69) is 22.9 Å². The van der Waals surface area contributed by atoms with Gasteiger partial charge < -0.3 is 4.74 Å². The molecule has 0 atom stereocenters. The molecule has 0 fully saturated rings. The number of rotatable bonds is 10. The second-order valence-electron chi connectivity index (χ2n) is 3.84. The van der Waals surface area contributed by atoms with E-state index >= 15 is 0 Å². The number of hydrogen-bond acceptors (Lipinski definition) is 3. The SMILES string of the molecule is CCCCCCCCOC(=O)CC(=O)CBr. The fourth-order valence-electron chi connectivity index (χ4n) is 1.33. The third-order valence-electron chi connectivity index (χ3n) is 2.25. The topological polar surface area (TPSA) is 43.4 Å². The highest BCUT2D eigenvalue weighted by Crippen LogP contribution is 2.05. The lowest BCUT2D eigenvalue weighted by molar-refractivity contribution is -0.145. The second kappa shape index (κ2) is 11.1. The minimum Gasteiger partial charge on any atom is -0.465 e. The first-order valence-corrected chi connectivity index (χ1v) is 7.06. The van der Waals surface area contributed by atoms with E-state index in [0.29, 0.717) is 6.61 Å². The van der Waals surface area contributed by atoms with Crippen molar-refractivity contribution in [3.8, 4) is 0 Å². The van der Waals surface area contributed by atoms with Gasteiger partial charge in [-0.05, 0) is 6.42 Å². The normalized spacial score (nSPS) is 10.1. The van der Waals surface area contributed by atoms with Crippen LogP contribution in [0.5, 0.6) is 0 Å². The first kappa shape index (κ1) is 15.6. The van der Waals surface area contributed by atoms with Crippen LogP contribution in [-0.4, -0.2) is 23.7 Å². The van der Waals surface area contributed by atoms with Crippen molar-refractivity contribution in [2.75, 3.05) is 11.9 Å². The van der Waals surface area contributed by atoms with Gasteiger partial charge in [0.2, 0.25) is 0 Å². The van der Waals surface area contributed by atoms with E-state index in [0.717, 1.165) is 12.8 Å². The number of carbonyl (C=O) groups excluding carboxylic acids is 2. The summed E-state index contributed by atoms with van der Waals surface area (Å²) in [5, 5.41) is 0.221. The predicted molar refractivity (Wildman–Crippen MR) is 67.8 cm³/mol. The lowest BCUT2D eigenvalue weighted by Crippen LogP contribution is -2.12. The van der Waals surface area contributed by atoms with Crippen LogP contribution in [0.2, 0.25) is 0 Å². The second-order valence-corrected chi connectivity index (χ2v) is 4.40. The summed E-state index contributed by atoms with van der Waals surface area (Å²) in [6, 6.07) is 0. The average molecular weight is 293 g/mol. The molecule has 94 valence electrons. The number of ether oxygens (including phenoxy) is 1. The Balaban J connectivity index is 3.24. The average Bonchev–Trinajstić information content (AvgIpc) is 2.27. The van der Waals surface area contributed by atoms with E-state index in [1.165, 1.54) is 25.7 Å². The summed E-state index contributed by atoms with van der Waals surface area (Å²) < 4.78 is 4.94. The number of halogens is 1. The Morgan fingerprint density at radius 2 is 1.69 bits per heavy atom. The van der Waals surface area contributed by atoms with Crippen LogP contribution in [-0.2, 0) is 14.3 Å². The quantitative estimate of drug-likeness (QED) is 0.269. The molecule has 0 unspecified atom stereocenters. The molecule has 16 heavy (non-hydrogen) atoms. The number of esters is 1. The lowest BCUT2D eigenvalue weighted by atomic mass is 10.1. The summed E-state index contributed by atoms with van der Waals surface area (Å²) in [5.74, 6) is -0.536. The maximum absolute atomic E-state index is 11.1. The van der Waals surface area contributed by atoms with Crippen molar-refractivity contribution in [3.05, 3.63) is 0 Å². The molecule has 0 rings (SSSR count). The summed E-state index contributed by atoms with van der Waals surface area (Å²) in [7, 11) is 0. The molecular weight excluding hydrogens is 272 g/mol. The number of unbranched alkanes of at least 4 members (excludes halogenated alkanes) is 5. The molecule has 3 nitrogen and oxygen atoms in total. The molecule has 0 aromatic heterocycles. The summed E-state index contributed by atoms with van der Waals surface area (Å²) in [5.41, 5.74) is 0. The Morgan fingerprint density at radius 3 is 2.31 bits per heavy atom. The van der Waals surface area contributed by atoms with Gasteiger partial charge in [-0.25, -0.2) is 0 Å². The van der Waals surface area contributed by atoms with Gasteiger partial charge >= 0.3 is 5.97 Å². The first-order chi connectivity index (χ1) is 7.70. The molecule has 0 aromatic carbocycles. The van der Waals surface area contributed by atoms with E-state index in [1.54, 1.807) is 0 Å². The van der Waals surface area contributed by atoms with Crippen molar-refractivity contribution in [1.82, 2.24) is 0 Å². The predicted octanol–water partition coefficient (Wildman–Crippen LogP) is 3.24. The van der Waals surface area contributed by atoms with Gasteiger partial charge in [0.05, 0.1) is 11.9 Å². The fourth-order valence-corrected chi connectivity index (χ4v) is 1.53. The largest absolute Gasteiger partial charge is 0.465 e. The number of hydrogen-bond donors (Lipinski definition) is 0. The lowest BCUT2D eigenvalue weighted by Gasteiger charge is -2.03. The zero-order valence-corrected chi connectivity index (χ0v) is 11.6. The summed E-state index contributed by atoms with van der Waals surface area (Å²) >= 11 is 3.00. The highest BCUT2D eigenvalue weighted by molar-refractivity contribution is 9.09. The smallest absolute Gasteiger partial charge is 0.313 e. The zero-order chi connectivity index (χ0) is 12.2. The number of alkyl halides is 1. The molecule has 4 heteroatoms. The monoisotopic (exact) mass is 292 g/mol. The maximum Gasteiger partial charge on any atom is 0.313 e. The molecule has 0 saturated carbocycles. The minimum absolute atomic E-state index is 0.110. The molecule has 0 N–H and O–H groups in total. The molecule has 0 aromatic rings. The minimum atomic E-state index is -0.405. The van der Waals surface area contributed by atoms with Gasteiger partial charge in [0, 0.05) is 0 Å². The van der Waals surface area contributed by atoms with Crippen LogP contribution < -0.4 is 0 Å². The van der Waals surface area contributed by atoms with Crippen LogP contribution in [0.15, 0.2) is 0 Å². The van der Waals surface area contributed by atoms with Crippen LogP contribution >= 0.6 is 15.9 Å². The van der Waals surface area contributed by atoms with Crippen molar-refractivity contribution < 1.29 is 14.3 Å². The molecular formula is C12H21BrO3. The van der Waals surface area contributed by atoms with Gasteiger partial charge in [0.25, 0.3) is 0 Å². The van der Waals surface area contributed by atoms with Gasteiger partial charge in [0.1, 0.15) is 6.42 Å². The third-order valence-corrected chi connectivity index (χ3v) is 2.88. The number of carbonyl (C=O) groups is 2. The van der Waals surface area contributed by atoms with Gasteiger partial charge in [0.15, 0.2) is 5.78 Å². The van der Waals surface area contributed by atoms with E-state index < -0.39 is 5.97 Å². The summed E-state index contributed by atoms with van der Waals surface area (Å²) in [6.45, 7) is 2.63. The van der Waals surface area contributed by atoms with Gasteiger partial charge in [-0.1, -0.05) is 55.0 Å². The van der Waals surface area contributed by atoms with Gasteiger partial charge in [-0.15, -0.1) is 0 Å². The van der Waals surface area contributed by atoms with Crippen molar-refractivity contribution >= 4 is 27.7 Å². The maximum atomic E-state index is 11.1. The van der Waals surface area contributed by atoms with Crippen molar-refractivity contribution in [2.45, 2.75) is 51.9 Å². The van der Waals surface area contributed by atoms with Crippen LogP contribution in [0, 0.1) is 0 Å². The van der Waals surface area contributed by atoms with E-state index in [9.17, 15) is 9.59 Å². The van der Waals surface area contributed by atoms with Crippen LogP contribution in [0.3, 0.4) is 0 Å². The molecule has 0 heterocycles. The third kappa shape index (κ3) is 10.1. The van der Waals surface area contributed by atoms with E-state index in [1.807, 2.05) is 0 Å². The Labute approximate surface area is 106 Å². The van der Waals surface area contributed by atoms with Gasteiger partial charge in [-0.2, -0.15) is 0 Å². The molecule has 0 aliphatic heterocycles. The Morgan fingerprint density at radius 1 is 1.06 bits per heavy atom. The Bertz CT molecular complexity index is 204. The van der Waals surface area contributed by atoms with Crippen molar-refractivity contribution in [1.29, 1.82) is 0 Å². The Hall–Kier alpha value is -0.380. The summed E-state index contributed by atoms with van der Waals surface area (Å²) in [4.78, 5) is 22.0. The van der Waals surface area contributed by atoms with Crippen LogP contribution in [0.4, 0.5) is 0 Å². The molecule has 0 amide bonds. The van der Waals surface area contributed by atoms with Crippen molar-refractivity contribution in [2.24, 2.45) is 0 Å². The molecule has 0 aliphatic rings. The first-order valence-electron chi connectivity index (χ1n) is 5.94. The highest BCUT2D eigenvalue weighted by Gasteiger charge is 2.08. The molecule has 0 aliphatic carbocycles. The van der Waals surface area contributed by atoms with E-state index in [-0.39, 0.29) is 17.5 Å². The zero-order valence-electron chi connectivity index (χ0n) is 9.97. The standard InChI is InChI=1S/C12H21BrO3/c1-2-3-4-5-6-7-8-16-12(15)9-11(14)10-13/h2-10H2,1H3. The number of Topliss-reactive ketones (excluding diaryl/α,β-unsaturated/α-hetero) is 1. The fraction of sp³-hybridized carbons (Fsp3) is 0.833. The Kier molecular flexibility index (Phi) is 10.9. The molecule has 0 spiro atoms. The summed E-state index contributed by atoms with van der Waals surface area (Å²) in [6.07, 6.45) is 6.86. The van der Waals surface area contributed by atoms with Crippen LogP contribution in [0.1, 0.15) is 51.9 Å². The van der Waals surface area contributed by atoms with E-state index in [4.69, 9.17) is 4.74 Å². The van der Waals surface area contributed by atoms with Crippen LogP contribution in [0.25, 0.3) is 0 Å².